The molecule has 1 N–H and O–H groups in total. The number of thiazole rings is 1. The summed E-state index contributed by atoms with van der Waals surface area (Å²) in [6, 6.07) is 3.77. The van der Waals surface area contributed by atoms with Gasteiger partial charge in [0.05, 0.1) is 22.1 Å². The number of nitrogens with one attached hydrogen (secondary N) is 1. The minimum absolute atomic E-state index is 0.299. The molecule has 0 amide bonds. The third-order valence-corrected chi connectivity index (χ3v) is 3.65. The van der Waals surface area contributed by atoms with Gasteiger partial charge in [-0.1, -0.05) is 11.6 Å². The Labute approximate surface area is 117 Å². The SMILES string of the molecule is Cc1ncc(CNc2ccc(Cl)c(C(F)(F)F)c2)s1. The van der Waals surface area contributed by atoms with E-state index in [0.717, 1.165) is 16.0 Å². The molecular formula is C12H10ClF3N2S. The summed E-state index contributed by atoms with van der Waals surface area (Å²) in [5.41, 5.74) is -0.456. The Morgan fingerprint density at radius 3 is 2.68 bits per heavy atom. The van der Waals surface area contributed by atoms with Crippen LogP contribution >= 0.6 is 22.9 Å². The van der Waals surface area contributed by atoms with Crippen molar-refractivity contribution in [2.75, 3.05) is 5.32 Å². The molecule has 7 heteroatoms. The quantitative estimate of drug-likeness (QED) is 0.886. The van der Waals surface area contributed by atoms with Gasteiger partial charge in [-0.3, -0.25) is 0 Å². The van der Waals surface area contributed by atoms with E-state index in [0.29, 0.717) is 12.2 Å². The molecule has 2 aromatic rings. The van der Waals surface area contributed by atoms with Crippen LogP contribution in [0.4, 0.5) is 18.9 Å². The fraction of sp³-hybridized carbons (Fsp3) is 0.250. The van der Waals surface area contributed by atoms with Gasteiger partial charge in [0.1, 0.15) is 0 Å². The first-order chi connectivity index (χ1) is 8.86. The lowest BCUT2D eigenvalue weighted by Crippen LogP contribution is -2.07. The molecular weight excluding hydrogens is 297 g/mol. The van der Waals surface area contributed by atoms with E-state index < -0.39 is 11.7 Å². The molecule has 0 atom stereocenters. The van der Waals surface area contributed by atoms with Crippen LogP contribution in [-0.2, 0) is 12.7 Å². The molecule has 0 unspecified atom stereocenters. The van der Waals surface area contributed by atoms with E-state index in [1.165, 1.54) is 23.5 Å². The Hall–Kier alpha value is -1.27. The Bertz CT molecular complexity index is 581. The number of aromatic nitrogens is 1. The van der Waals surface area contributed by atoms with Gasteiger partial charge >= 0.3 is 6.18 Å². The highest BCUT2D eigenvalue weighted by atomic mass is 35.5. The van der Waals surface area contributed by atoms with Gasteiger partial charge in [-0.15, -0.1) is 11.3 Å². The molecule has 0 radical (unpaired) electrons. The summed E-state index contributed by atoms with van der Waals surface area (Å²) in [5, 5.41) is 3.55. The number of hydrogen-bond donors (Lipinski definition) is 1. The monoisotopic (exact) mass is 306 g/mol. The summed E-state index contributed by atoms with van der Waals surface area (Å²) in [6.07, 6.45) is -2.75. The van der Waals surface area contributed by atoms with Gasteiger partial charge in [-0.2, -0.15) is 13.2 Å². The average Bonchev–Trinajstić information content (AvgIpc) is 2.72. The lowest BCUT2D eigenvalue weighted by Gasteiger charge is -2.11. The van der Waals surface area contributed by atoms with Crippen molar-refractivity contribution in [2.45, 2.75) is 19.6 Å². The van der Waals surface area contributed by atoms with Crippen molar-refractivity contribution in [3.05, 3.63) is 44.9 Å². The summed E-state index contributed by atoms with van der Waals surface area (Å²) in [6.45, 7) is 2.31. The van der Waals surface area contributed by atoms with Crippen LogP contribution < -0.4 is 5.32 Å². The Kier molecular flexibility index (Phi) is 4.01. The second kappa shape index (κ2) is 5.38. The number of anilines is 1. The molecule has 2 rings (SSSR count). The van der Waals surface area contributed by atoms with Gasteiger partial charge in [0.15, 0.2) is 0 Å². The number of benzene rings is 1. The molecule has 19 heavy (non-hydrogen) atoms. The Morgan fingerprint density at radius 2 is 2.11 bits per heavy atom. The largest absolute Gasteiger partial charge is 0.417 e. The number of halogens is 4. The highest BCUT2D eigenvalue weighted by Crippen LogP contribution is 2.36. The fourth-order valence-corrected chi connectivity index (χ4v) is 2.49. The normalized spacial score (nSPS) is 11.6. The van der Waals surface area contributed by atoms with Crippen LogP contribution in [0.3, 0.4) is 0 Å². The first kappa shape index (κ1) is 14.1. The van der Waals surface area contributed by atoms with E-state index in [-0.39, 0.29) is 5.02 Å². The number of rotatable bonds is 3. The summed E-state index contributed by atoms with van der Waals surface area (Å²) in [5.74, 6) is 0. The highest BCUT2D eigenvalue weighted by molar-refractivity contribution is 7.11. The molecule has 2 nitrogen and oxygen atoms in total. The molecule has 0 aliphatic rings. The minimum Gasteiger partial charge on any atom is -0.380 e. The van der Waals surface area contributed by atoms with Crippen LogP contribution in [0.5, 0.6) is 0 Å². The molecule has 0 aliphatic carbocycles. The minimum atomic E-state index is -4.45. The second-order valence-electron chi connectivity index (χ2n) is 3.89. The lowest BCUT2D eigenvalue weighted by molar-refractivity contribution is -0.137. The second-order valence-corrected chi connectivity index (χ2v) is 5.62. The van der Waals surface area contributed by atoms with Crippen molar-refractivity contribution >= 4 is 28.6 Å². The van der Waals surface area contributed by atoms with Crippen molar-refractivity contribution in [1.82, 2.24) is 4.98 Å². The molecule has 0 aliphatic heterocycles. The maximum atomic E-state index is 12.7. The number of nitrogens with zero attached hydrogens (tertiary/aromatic N) is 1. The lowest BCUT2D eigenvalue weighted by atomic mass is 10.2. The van der Waals surface area contributed by atoms with E-state index in [2.05, 4.69) is 10.3 Å². The van der Waals surface area contributed by atoms with E-state index in [1.807, 2.05) is 6.92 Å². The third-order valence-electron chi connectivity index (χ3n) is 2.41. The van der Waals surface area contributed by atoms with Gasteiger partial charge in [-0.25, -0.2) is 4.98 Å². The van der Waals surface area contributed by atoms with Crippen LogP contribution in [0.25, 0.3) is 0 Å². The standard InChI is InChI=1S/C12H10ClF3N2S/c1-7-17-5-9(19-7)6-18-8-2-3-11(13)10(4-8)12(14,15)16/h2-5,18H,6H2,1H3. The number of hydrogen-bond acceptors (Lipinski definition) is 3. The predicted octanol–water partition coefficient (Wildman–Crippen LogP) is 4.74. The highest BCUT2D eigenvalue weighted by Gasteiger charge is 2.33. The van der Waals surface area contributed by atoms with E-state index >= 15 is 0 Å². The summed E-state index contributed by atoms with van der Waals surface area (Å²) < 4.78 is 38.0. The summed E-state index contributed by atoms with van der Waals surface area (Å²) >= 11 is 7.04. The number of aryl methyl sites for hydroxylation is 1. The van der Waals surface area contributed by atoms with Gasteiger partial charge in [-0.05, 0) is 25.1 Å². The first-order valence-electron chi connectivity index (χ1n) is 5.38. The zero-order valence-electron chi connectivity index (χ0n) is 9.88. The predicted molar refractivity (Wildman–Crippen MR) is 70.6 cm³/mol. The van der Waals surface area contributed by atoms with Crippen LogP contribution in [0, 0.1) is 6.92 Å². The van der Waals surface area contributed by atoms with E-state index in [1.54, 1.807) is 6.20 Å². The maximum Gasteiger partial charge on any atom is 0.417 e. The van der Waals surface area contributed by atoms with Crippen LogP contribution in [-0.4, -0.2) is 4.98 Å². The topological polar surface area (TPSA) is 24.9 Å². The van der Waals surface area contributed by atoms with Crippen molar-refractivity contribution < 1.29 is 13.2 Å². The van der Waals surface area contributed by atoms with E-state index in [9.17, 15) is 13.2 Å². The summed E-state index contributed by atoms with van der Waals surface area (Å²) in [4.78, 5) is 5.04. The molecule has 0 saturated heterocycles. The molecule has 0 fully saturated rings. The molecule has 0 bridgehead atoms. The molecule has 0 saturated carbocycles. The van der Waals surface area contributed by atoms with Gasteiger partial charge in [0.2, 0.25) is 0 Å². The first-order valence-corrected chi connectivity index (χ1v) is 6.57. The van der Waals surface area contributed by atoms with Crippen molar-refractivity contribution in [1.29, 1.82) is 0 Å². The van der Waals surface area contributed by atoms with Crippen LogP contribution in [0.15, 0.2) is 24.4 Å². The number of alkyl halides is 3. The zero-order chi connectivity index (χ0) is 14.0. The van der Waals surface area contributed by atoms with Crippen molar-refractivity contribution in [2.24, 2.45) is 0 Å². The summed E-state index contributed by atoms with van der Waals surface area (Å²) in [7, 11) is 0. The maximum absolute atomic E-state index is 12.7. The zero-order valence-corrected chi connectivity index (χ0v) is 11.5. The Balaban J connectivity index is 2.13. The van der Waals surface area contributed by atoms with Gasteiger partial charge < -0.3 is 5.32 Å². The fourth-order valence-electron chi connectivity index (χ4n) is 1.53. The van der Waals surface area contributed by atoms with E-state index in [4.69, 9.17) is 11.6 Å². The average molecular weight is 307 g/mol. The molecule has 1 aromatic heterocycles. The molecule has 1 heterocycles. The van der Waals surface area contributed by atoms with Crippen LogP contribution in [0.2, 0.25) is 5.02 Å². The van der Waals surface area contributed by atoms with Gasteiger partial charge in [0.25, 0.3) is 0 Å². The molecule has 0 spiro atoms. The van der Waals surface area contributed by atoms with Crippen molar-refractivity contribution in [3.63, 3.8) is 0 Å². The smallest absolute Gasteiger partial charge is 0.380 e. The molecule has 1 aromatic carbocycles. The van der Waals surface area contributed by atoms with Gasteiger partial charge in [0, 0.05) is 16.8 Å². The molecule has 102 valence electrons. The third kappa shape index (κ3) is 3.61. The van der Waals surface area contributed by atoms with Crippen molar-refractivity contribution in [3.8, 4) is 0 Å². The van der Waals surface area contributed by atoms with Crippen LogP contribution in [0.1, 0.15) is 15.4 Å². The Morgan fingerprint density at radius 1 is 1.37 bits per heavy atom.